The molecular formula is C21H20Cl3N3. The number of rotatable bonds is 5. The molecule has 0 bridgehead atoms. The van der Waals surface area contributed by atoms with Crippen molar-refractivity contribution in [2.45, 2.75) is 12.6 Å². The molecule has 2 aromatic heterocycles. The molecule has 3 nitrogen and oxygen atoms in total. The molecule has 0 saturated heterocycles. The molecule has 6 heteroatoms. The van der Waals surface area contributed by atoms with Crippen molar-refractivity contribution in [3.8, 4) is 0 Å². The summed E-state index contributed by atoms with van der Waals surface area (Å²) < 4.78 is 0. The van der Waals surface area contributed by atoms with Crippen LogP contribution in [0.1, 0.15) is 22.9 Å². The van der Waals surface area contributed by atoms with E-state index >= 15 is 0 Å². The van der Waals surface area contributed by atoms with Gasteiger partial charge in [-0.15, -0.1) is 24.8 Å². The third kappa shape index (κ3) is 4.82. The summed E-state index contributed by atoms with van der Waals surface area (Å²) in [6.45, 7) is 0.780. The number of hydrogen-bond acceptors (Lipinski definition) is 2. The summed E-state index contributed by atoms with van der Waals surface area (Å²) in [5.41, 5.74) is 4.40. The number of hydrogen-bond donors (Lipinski definition) is 2. The predicted octanol–water partition coefficient (Wildman–Crippen LogP) is 5.94. The van der Waals surface area contributed by atoms with Crippen LogP contribution in [0.15, 0.2) is 79.0 Å². The average Bonchev–Trinajstić information content (AvgIpc) is 3.09. The molecule has 0 aliphatic heterocycles. The highest BCUT2D eigenvalue weighted by Crippen LogP contribution is 2.28. The number of fused-ring (bicyclic) bond motifs is 1. The largest absolute Gasteiger partial charge is 0.354 e. The van der Waals surface area contributed by atoms with Gasteiger partial charge in [0.1, 0.15) is 0 Å². The molecule has 0 radical (unpaired) electrons. The van der Waals surface area contributed by atoms with Gasteiger partial charge in [-0.2, -0.15) is 0 Å². The number of nitrogens with one attached hydrogen (secondary N) is 2. The number of H-pyrrole nitrogens is 1. The summed E-state index contributed by atoms with van der Waals surface area (Å²) in [5, 5.41) is 5.22. The van der Waals surface area contributed by atoms with Crippen LogP contribution in [0.2, 0.25) is 5.15 Å². The van der Waals surface area contributed by atoms with Crippen molar-refractivity contribution >= 4 is 47.3 Å². The normalized spacial score (nSPS) is 11.4. The van der Waals surface area contributed by atoms with Crippen molar-refractivity contribution in [2.24, 2.45) is 0 Å². The summed E-state index contributed by atoms with van der Waals surface area (Å²) in [6.07, 6.45) is 1.73. The van der Waals surface area contributed by atoms with Crippen LogP contribution in [0.5, 0.6) is 0 Å². The van der Waals surface area contributed by atoms with Crippen molar-refractivity contribution in [3.63, 3.8) is 0 Å². The lowest BCUT2D eigenvalue weighted by Gasteiger charge is -2.18. The maximum absolute atomic E-state index is 6.23. The fourth-order valence-corrected chi connectivity index (χ4v) is 3.28. The first-order chi connectivity index (χ1) is 12.3. The van der Waals surface area contributed by atoms with E-state index in [4.69, 9.17) is 11.6 Å². The van der Waals surface area contributed by atoms with Crippen LogP contribution in [-0.4, -0.2) is 9.97 Å². The Bertz CT molecular complexity index is 972. The maximum atomic E-state index is 6.23. The Balaban J connectivity index is 0.00000131. The van der Waals surface area contributed by atoms with Gasteiger partial charge < -0.3 is 10.3 Å². The van der Waals surface area contributed by atoms with Crippen molar-refractivity contribution in [1.82, 2.24) is 15.3 Å². The highest BCUT2D eigenvalue weighted by molar-refractivity contribution is 6.33. The maximum Gasteiger partial charge on any atom is 0.153 e. The van der Waals surface area contributed by atoms with E-state index in [0.717, 1.165) is 23.1 Å². The summed E-state index contributed by atoms with van der Waals surface area (Å²) in [7, 11) is 0. The van der Waals surface area contributed by atoms with Crippen molar-refractivity contribution in [1.29, 1.82) is 0 Å². The minimum Gasteiger partial charge on any atom is -0.354 e. The van der Waals surface area contributed by atoms with Gasteiger partial charge in [-0.25, -0.2) is 4.98 Å². The van der Waals surface area contributed by atoms with Crippen molar-refractivity contribution in [3.05, 3.63) is 101 Å². The van der Waals surface area contributed by atoms with Crippen LogP contribution < -0.4 is 5.32 Å². The third-order valence-corrected chi connectivity index (χ3v) is 4.60. The lowest BCUT2D eigenvalue weighted by atomic mass is 10.0. The van der Waals surface area contributed by atoms with E-state index in [1.165, 1.54) is 11.1 Å². The first-order valence-electron chi connectivity index (χ1n) is 8.26. The minimum atomic E-state index is 0. The zero-order chi connectivity index (χ0) is 17.1. The molecule has 2 heterocycles. The second-order valence-corrected chi connectivity index (χ2v) is 6.36. The van der Waals surface area contributed by atoms with Crippen LogP contribution in [0, 0.1) is 0 Å². The Labute approximate surface area is 176 Å². The monoisotopic (exact) mass is 419 g/mol. The molecule has 0 saturated carbocycles. The molecular weight excluding hydrogens is 401 g/mol. The van der Waals surface area contributed by atoms with E-state index in [9.17, 15) is 0 Å². The lowest BCUT2D eigenvalue weighted by molar-refractivity contribution is 0.595. The molecule has 2 aromatic carbocycles. The second-order valence-electron chi connectivity index (χ2n) is 6.00. The molecule has 1 unspecified atom stereocenters. The molecule has 140 valence electrons. The van der Waals surface area contributed by atoms with Crippen LogP contribution in [-0.2, 0) is 6.54 Å². The van der Waals surface area contributed by atoms with Crippen LogP contribution >= 0.6 is 36.4 Å². The molecule has 4 rings (SSSR count). The molecule has 0 spiro atoms. The van der Waals surface area contributed by atoms with Crippen LogP contribution in [0.25, 0.3) is 10.9 Å². The average molecular weight is 421 g/mol. The van der Waals surface area contributed by atoms with Gasteiger partial charge in [-0.3, -0.25) is 0 Å². The Morgan fingerprint density at radius 1 is 0.926 bits per heavy atom. The lowest BCUT2D eigenvalue weighted by Crippen LogP contribution is -2.22. The van der Waals surface area contributed by atoms with E-state index in [0.29, 0.717) is 5.15 Å². The Morgan fingerprint density at radius 3 is 2.26 bits per heavy atom. The predicted molar refractivity (Wildman–Crippen MR) is 117 cm³/mol. The van der Waals surface area contributed by atoms with E-state index in [1.807, 2.05) is 18.2 Å². The first-order valence-corrected chi connectivity index (χ1v) is 8.64. The molecule has 0 fully saturated rings. The third-order valence-electron chi connectivity index (χ3n) is 4.31. The van der Waals surface area contributed by atoms with Gasteiger partial charge in [0.2, 0.25) is 0 Å². The second kappa shape index (κ2) is 9.77. The zero-order valence-corrected chi connectivity index (χ0v) is 16.8. The fraction of sp³-hybridized carbons (Fsp3) is 0.0952. The van der Waals surface area contributed by atoms with E-state index in [1.54, 1.807) is 6.20 Å². The summed E-state index contributed by atoms with van der Waals surface area (Å²) >= 11 is 6.23. The standard InChI is InChI=1S/C21H18ClN3.2ClH/c22-21-20-17(11-12-23-21)13-18(25-20)19(16-9-5-2-6-10-16)24-14-15-7-3-1-4-8-15;;/h1-13,19,24-25H,14H2;2*1H. The minimum absolute atomic E-state index is 0. The van der Waals surface area contributed by atoms with Gasteiger partial charge >= 0.3 is 0 Å². The highest BCUT2D eigenvalue weighted by atomic mass is 35.5. The molecule has 0 aliphatic carbocycles. The molecule has 4 aromatic rings. The van der Waals surface area contributed by atoms with E-state index < -0.39 is 0 Å². The Kier molecular flexibility index (Phi) is 7.69. The van der Waals surface area contributed by atoms with Gasteiger partial charge in [0.05, 0.1) is 11.6 Å². The van der Waals surface area contributed by atoms with E-state index in [-0.39, 0.29) is 30.9 Å². The van der Waals surface area contributed by atoms with Gasteiger partial charge in [0.15, 0.2) is 5.15 Å². The molecule has 0 amide bonds. The van der Waals surface area contributed by atoms with Crippen LogP contribution in [0.3, 0.4) is 0 Å². The van der Waals surface area contributed by atoms with Gasteiger partial charge in [-0.1, -0.05) is 72.3 Å². The SMILES string of the molecule is Cl.Cl.Clc1nccc2cc(C(NCc3ccccc3)c3ccccc3)[nH]c12. The number of pyridine rings is 1. The summed E-state index contributed by atoms with van der Waals surface area (Å²) in [5.74, 6) is 0. The number of nitrogens with zero attached hydrogens (tertiary/aromatic N) is 1. The topological polar surface area (TPSA) is 40.7 Å². The van der Waals surface area contributed by atoms with Gasteiger partial charge in [-0.05, 0) is 23.3 Å². The van der Waals surface area contributed by atoms with Crippen LogP contribution in [0.4, 0.5) is 0 Å². The first kappa shape index (κ1) is 21.3. The quantitative estimate of drug-likeness (QED) is 0.392. The van der Waals surface area contributed by atoms with Gasteiger partial charge in [0.25, 0.3) is 0 Å². The Morgan fingerprint density at radius 2 is 1.59 bits per heavy atom. The Hall–Kier alpha value is -2.04. The number of halogens is 3. The fourth-order valence-electron chi connectivity index (χ4n) is 3.07. The molecule has 0 aliphatic rings. The smallest absolute Gasteiger partial charge is 0.153 e. The van der Waals surface area contributed by atoms with Crippen molar-refractivity contribution < 1.29 is 0 Å². The number of aromatic amines is 1. The number of aromatic nitrogens is 2. The molecule has 27 heavy (non-hydrogen) atoms. The number of benzene rings is 2. The van der Waals surface area contributed by atoms with E-state index in [2.05, 4.69) is 69.9 Å². The molecule has 2 N–H and O–H groups in total. The zero-order valence-electron chi connectivity index (χ0n) is 14.4. The van der Waals surface area contributed by atoms with Crippen molar-refractivity contribution in [2.75, 3.05) is 0 Å². The highest BCUT2D eigenvalue weighted by Gasteiger charge is 2.17. The molecule has 1 atom stereocenters. The summed E-state index contributed by atoms with van der Waals surface area (Å²) in [6, 6.07) is 25.0. The van der Waals surface area contributed by atoms with Gasteiger partial charge in [0, 0.05) is 23.8 Å². The summed E-state index contributed by atoms with van der Waals surface area (Å²) in [4.78, 5) is 7.60.